The molecule has 4 heteroatoms. The molecule has 1 aliphatic rings. The molecule has 0 radical (unpaired) electrons. The molecule has 1 fully saturated rings. The Bertz CT molecular complexity index is 416. The van der Waals surface area contributed by atoms with E-state index in [0.29, 0.717) is 12.6 Å². The zero-order valence-corrected chi connectivity index (χ0v) is 11.1. The van der Waals surface area contributed by atoms with E-state index >= 15 is 0 Å². The number of hydrogen-bond acceptors (Lipinski definition) is 3. The van der Waals surface area contributed by atoms with Gasteiger partial charge in [0.2, 0.25) is 0 Å². The highest BCUT2D eigenvalue weighted by atomic mass is 16.2. The fraction of sp³-hybridized carbons (Fsp3) is 0.500. The van der Waals surface area contributed by atoms with E-state index in [2.05, 4.69) is 11.9 Å². The van der Waals surface area contributed by atoms with Crippen molar-refractivity contribution in [3.63, 3.8) is 0 Å². The van der Waals surface area contributed by atoms with Crippen LogP contribution in [0, 0.1) is 0 Å². The van der Waals surface area contributed by atoms with Gasteiger partial charge in [-0.15, -0.1) is 0 Å². The second-order valence-corrected chi connectivity index (χ2v) is 5.02. The Kier molecular flexibility index (Phi) is 3.99. The number of nitrogens with zero attached hydrogens (tertiary/aromatic N) is 2. The average Bonchev–Trinajstić information content (AvgIpc) is 2.84. The minimum absolute atomic E-state index is 0.0962. The maximum absolute atomic E-state index is 12.3. The van der Waals surface area contributed by atoms with Gasteiger partial charge >= 0.3 is 0 Å². The molecular formula is C14H21N3O. The molecule has 0 aromatic heterocycles. The van der Waals surface area contributed by atoms with Crippen LogP contribution < -0.4 is 5.73 Å². The summed E-state index contributed by atoms with van der Waals surface area (Å²) in [6, 6.07) is 7.89. The van der Waals surface area contributed by atoms with Gasteiger partial charge < -0.3 is 15.5 Å². The van der Waals surface area contributed by atoms with Gasteiger partial charge in [0, 0.05) is 31.7 Å². The molecule has 18 heavy (non-hydrogen) atoms. The molecule has 1 heterocycles. The van der Waals surface area contributed by atoms with Gasteiger partial charge in [0.05, 0.1) is 0 Å². The molecule has 1 saturated heterocycles. The molecule has 0 aliphatic carbocycles. The lowest BCUT2D eigenvalue weighted by Gasteiger charge is -2.24. The Morgan fingerprint density at radius 3 is 2.61 bits per heavy atom. The van der Waals surface area contributed by atoms with Crippen LogP contribution >= 0.6 is 0 Å². The van der Waals surface area contributed by atoms with E-state index in [1.165, 1.54) is 0 Å². The van der Waals surface area contributed by atoms with Crippen molar-refractivity contribution in [3.05, 3.63) is 35.4 Å². The number of carbonyl (C=O) groups excluding carboxylic acids is 1. The minimum atomic E-state index is 0.0962. The molecule has 4 nitrogen and oxygen atoms in total. The van der Waals surface area contributed by atoms with Crippen molar-refractivity contribution in [1.29, 1.82) is 0 Å². The molecule has 1 amide bonds. The maximum atomic E-state index is 12.3. The van der Waals surface area contributed by atoms with Crippen molar-refractivity contribution in [1.82, 2.24) is 9.80 Å². The van der Waals surface area contributed by atoms with Gasteiger partial charge in [0.25, 0.3) is 5.91 Å². The molecule has 1 unspecified atom stereocenters. The summed E-state index contributed by atoms with van der Waals surface area (Å²) in [5.41, 5.74) is 7.34. The Balaban J connectivity index is 2.05. The highest BCUT2D eigenvalue weighted by Crippen LogP contribution is 2.15. The first-order valence-corrected chi connectivity index (χ1v) is 6.36. The highest BCUT2D eigenvalue weighted by Gasteiger charge is 2.26. The SMILES string of the molecule is CN1CCC(N(C)C(=O)c2ccc(CN)cc2)C1. The minimum Gasteiger partial charge on any atom is -0.337 e. The van der Waals surface area contributed by atoms with Gasteiger partial charge in [-0.1, -0.05) is 12.1 Å². The summed E-state index contributed by atoms with van der Waals surface area (Å²) in [6.45, 7) is 2.54. The summed E-state index contributed by atoms with van der Waals surface area (Å²) in [5.74, 6) is 0.0962. The van der Waals surface area contributed by atoms with Crippen LogP contribution in [0.5, 0.6) is 0 Å². The normalized spacial score (nSPS) is 20.1. The summed E-state index contributed by atoms with van der Waals surface area (Å²) >= 11 is 0. The topological polar surface area (TPSA) is 49.6 Å². The van der Waals surface area contributed by atoms with Gasteiger partial charge in [0.15, 0.2) is 0 Å². The number of nitrogens with two attached hydrogens (primary N) is 1. The molecular weight excluding hydrogens is 226 g/mol. The number of carbonyl (C=O) groups is 1. The van der Waals surface area contributed by atoms with Crippen LogP contribution in [0.15, 0.2) is 24.3 Å². The van der Waals surface area contributed by atoms with Crippen molar-refractivity contribution >= 4 is 5.91 Å². The Hall–Kier alpha value is -1.39. The van der Waals surface area contributed by atoms with Crippen LogP contribution in [-0.2, 0) is 6.54 Å². The largest absolute Gasteiger partial charge is 0.337 e. The van der Waals surface area contributed by atoms with E-state index in [4.69, 9.17) is 5.73 Å². The van der Waals surface area contributed by atoms with E-state index in [1.807, 2.05) is 36.2 Å². The van der Waals surface area contributed by atoms with Gasteiger partial charge in [0.1, 0.15) is 0 Å². The van der Waals surface area contributed by atoms with Crippen LogP contribution in [0.3, 0.4) is 0 Å². The predicted molar refractivity (Wildman–Crippen MR) is 72.3 cm³/mol. The third-order valence-corrected chi connectivity index (χ3v) is 3.67. The number of hydrogen-bond donors (Lipinski definition) is 1. The average molecular weight is 247 g/mol. The van der Waals surface area contributed by atoms with Crippen molar-refractivity contribution < 1.29 is 4.79 Å². The fourth-order valence-electron chi connectivity index (χ4n) is 2.38. The molecule has 2 N–H and O–H groups in total. The molecule has 0 saturated carbocycles. The highest BCUT2D eigenvalue weighted by molar-refractivity contribution is 5.94. The second-order valence-electron chi connectivity index (χ2n) is 5.02. The standard InChI is InChI=1S/C14H21N3O/c1-16-8-7-13(10-16)17(2)14(18)12-5-3-11(9-15)4-6-12/h3-6,13H,7-10,15H2,1-2H3. The van der Waals surface area contributed by atoms with Crippen LogP contribution in [0.2, 0.25) is 0 Å². The summed E-state index contributed by atoms with van der Waals surface area (Å²) < 4.78 is 0. The number of likely N-dealkylation sites (tertiary alicyclic amines) is 1. The van der Waals surface area contributed by atoms with Crippen molar-refractivity contribution in [2.24, 2.45) is 5.73 Å². The molecule has 0 spiro atoms. The lowest BCUT2D eigenvalue weighted by Crippen LogP contribution is -2.38. The lowest BCUT2D eigenvalue weighted by molar-refractivity contribution is 0.0737. The summed E-state index contributed by atoms with van der Waals surface area (Å²) in [5, 5.41) is 0. The first-order chi connectivity index (χ1) is 8.61. The molecule has 1 aromatic rings. The monoisotopic (exact) mass is 247 g/mol. The summed E-state index contributed by atoms with van der Waals surface area (Å²) in [4.78, 5) is 16.4. The third-order valence-electron chi connectivity index (χ3n) is 3.67. The predicted octanol–water partition coefficient (Wildman–Crippen LogP) is 0.921. The van der Waals surface area contributed by atoms with Crippen molar-refractivity contribution in [3.8, 4) is 0 Å². The molecule has 1 aromatic carbocycles. The van der Waals surface area contributed by atoms with Crippen LogP contribution in [-0.4, -0.2) is 48.9 Å². The zero-order valence-electron chi connectivity index (χ0n) is 11.1. The third kappa shape index (κ3) is 2.71. The number of amides is 1. The van der Waals surface area contributed by atoms with Gasteiger partial charge in [-0.3, -0.25) is 4.79 Å². The second kappa shape index (κ2) is 5.50. The number of likely N-dealkylation sites (N-methyl/N-ethyl adjacent to an activating group) is 2. The van der Waals surface area contributed by atoms with Gasteiger partial charge in [-0.25, -0.2) is 0 Å². The quantitative estimate of drug-likeness (QED) is 0.864. The Morgan fingerprint density at radius 2 is 2.11 bits per heavy atom. The van der Waals surface area contributed by atoms with Crippen molar-refractivity contribution in [2.75, 3.05) is 27.2 Å². The Labute approximate surface area is 108 Å². The summed E-state index contributed by atoms with van der Waals surface area (Å²) in [7, 11) is 3.98. The fourth-order valence-corrected chi connectivity index (χ4v) is 2.38. The first-order valence-electron chi connectivity index (χ1n) is 6.36. The van der Waals surface area contributed by atoms with Crippen LogP contribution in [0.25, 0.3) is 0 Å². The molecule has 1 aliphatic heterocycles. The number of benzene rings is 1. The summed E-state index contributed by atoms with van der Waals surface area (Å²) in [6.07, 6.45) is 1.06. The first kappa shape index (κ1) is 13.1. The molecule has 0 bridgehead atoms. The molecule has 2 rings (SSSR count). The van der Waals surface area contributed by atoms with Crippen LogP contribution in [0.4, 0.5) is 0 Å². The lowest BCUT2D eigenvalue weighted by atomic mass is 10.1. The van der Waals surface area contributed by atoms with Gasteiger partial charge in [-0.05, 0) is 37.7 Å². The smallest absolute Gasteiger partial charge is 0.253 e. The molecule has 98 valence electrons. The zero-order chi connectivity index (χ0) is 13.1. The maximum Gasteiger partial charge on any atom is 0.253 e. The number of rotatable bonds is 3. The van der Waals surface area contributed by atoms with Crippen LogP contribution in [0.1, 0.15) is 22.3 Å². The van der Waals surface area contributed by atoms with E-state index in [0.717, 1.165) is 30.6 Å². The molecule has 1 atom stereocenters. The van der Waals surface area contributed by atoms with Crippen molar-refractivity contribution in [2.45, 2.75) is 19.0 Å². The van der Waals surface area contributed by atoms with E-state index in [1.54, 1.807) is 0 Å². The van der Waals surface area contributed by atoms with E-state index in [9.17, 15) is 4.79 Å². The van der Waals surface area contributed by atoms with Gasteiger partial charge in [-0.2, -0.15) is 0 Å². The Morgan fingerprint density at radius 1 is 1.44 bits per heavy atom. The van der Waals surface area contributed by atoms with E-state index < -0.39 is 0 Å². The van der Waals surface area contributed by atoms with E-state index in [-0.39, 0.29) is 5.91 Å².